The zero-order valence-corrected chi connectivity index (χ0v) is 14.7. The molecule has 0 radical (unpaired) electrons. The number of aromatic nitrogens is 3. The van der Waals surface area contributed by atoms with Gasteiger partial charge < -0.3 is 5.73 Å². The molecule has 2 aromatic heterocycles. The second-order valence-corrected chi connectivity index (χ2v) is 6.45. The van der Waals surface area contributed by atoms with E-state index < -0.39 is 5.91 Å². The van der Waals surface area contributed by atoms with E-state index in [0.717, 1.165) is 22.3 Å². The number of halogens is 1. The third-order valence-electron chi connectivity index (χ3n) is 4.36. The van der Waals surface area contributed by atoms with Gasteiger partial charge >= 0.3 is 0 Å². The van der Waals surface area contributed by atoms with Crippen molar-refractivity contribution in [1.82, 2.24) is 14.6 Å². The van der Waals surface area contributed by atoms with Crippen molar-refractivity contribution in [2.24, 2.45) is 5.73 Å². The molecule has 0 aliphatic carbocycles. The number of aryl methyl sites for hydroxylation is 1. The second-order valence-electron chi connectivity index (χ2n) is 6.04. The van der Waals surface area contributed by atoms with Gasteiger partial charge in [-0.1, -0.05) is 29.8 Å². The van der Waals surface area contributed by atoms with Crippen LogP contribution in [0, 0.1) is 6.92 Å². The third kappa shape index (κ3) is 2.72. The molecule has 0 saturated heterocycles. The number of hydrogen-bond donors (Lipinski definition) is 1. The van der Waals surface area contributed by atoms with Gasteiger partial charge in [0.05, 0.1) is 5.02 Å². The molecule has 5 nitrogen and oxygen atoms in total. The molecule has 0 aliphatic heterocycles. The predicted octanol–water partition coefficient (Wildman–Crippen LogP) is 4.12. The lowest BCUT2D eigenvalue weighted by atomic mass is 9.98. The largest absolute Gasteiger partial charge is 0.366 e. The molecule has 1 amide bonds. The van der Waals surface area contributed by atoms with Crippen molar-refractivity contribution in [2.45, 2.75) is 6.92 Å². The summed E-state index contributed by atoms with van der Waals surface area (Å²) in [6, 6.07) is 16.8. The first-order chi connectivity index (χ1) is 12.5. The van der Waals surface area contributed by atoms with Gasteiger partial charge in [0.15, 0.2) is 11.5 Å². The monoisotopic (exact) mass is 362 g/mol. The number of carbonyl (C=O) groups is 1. The van der Waals surface area contributed by atoms with Crippen LogP contribution in [-0.2, 0) is 0 Å². The van der Waals surface area contributed by atoms with E-state index in [1.807, 2.05) is 60.0 Å². The van der Waals surface area contributed by atoms with Gasteiger partial charge in [-0.25, -0.2) is 0 Å². The number of hydrogen-bond acceptors (Lipinski definition) is 3. The van der Waals surface area contributed by atoms with Crippen molar-refractivity contribution >= 4 is 23.2 Å². The van der Waals surface area contributed by atoms with Crippen LogP contribution in [0.2, 0.25) is 5.02 Å². The van der Waals surface area contributed by atoms with Crippen LogP contribution < -0.4 is 5.73 Å². The van der Waals surface area contributed by atoms with Gasteiger partial charge in [0, 0.05) is 17.3 Å². The van der Waals surface area contributed by atoms with Crippen LogP contribution in [0.3, 0.4) is 0 Å². The fourth-order valence-corrected chi connectivity index (χ4v) is 3.19. The normalized spacial score (nSPS) is 11.0. The predicted molar refractivity (Wildman–Crippen MR) is 102 cm³/mol. The first kappa shape index (κ1) is 16.3. The smallest absolute Gasteiger partial charge is 0.248 e. The van der Waals surface area contributed by atoms with E-state index >= 15 is 0 Å². The molecular formula is C20H15ClN4O. The van der Waals surface area contributed by atoms with Gasteiger partial charge in [0.2, 0.25) is 5.91 Å². The fourth-order valence-electron chi connectivity index (χ4n) is 2.97. The van der Waals surface area contributed by atoms with Crippen molar-refractivity contribution in [2.75, 3.05) is 0 Å². The molecule has 2 heterocycles. The van der Waals surface area contributed by atoms with E-state index in [-0.39, 0.29) is 0 Å². The Labute approximate surface area is 155 Å². The summed E-state index contributed by atoms with van der Waals surface area (Å²) in [5, 5.41) is 9.18. The Balaban J connectivity index is 1.85. The standard InChI is InChI=1S/C20H15ClN4O/c1-12-6-7-14(19(22)26)10-16(12)13-8-9-25-18(11-13)23-24-20(25)15-4-2-3-5-17(15)21/h2-11H,1H3,(H2,22,26). The number of rotatable bonds is 3. The van der Waals surface area contributed by atoms with Gasteiger partial charge in [0.1, 0.15) is 0 Å². The molecule has 0 atom stereocenters. The highest BCUT2D eigenvalue weighted by atomic mass is 35.5. The molecule has 0 saturated carbocycles. The highest BCUT2D eigenvalue weighted by Gasteiger charge is 2.13. The summed E-state index contributed by atoms with van der Waals surface area (Å²) < 4.78 is 1.89. The van der Waals surface area contributed by atoms with Crippen LogP contribution in [0.4, 0.5) is 0 Å². The maximum atomic E-state index is 11.5. The maximum absolute atomic E-state index is 11.5. The number of amides is 1. The Kier molecular flexibility index (Phi) is 3.93. The lowest BCUT2D eigenvalue weighted by molar-refractivity contribution is 0.100. The first-order valence-corrected chi connectivity index (χ1v) is 8.43. The molecule has 2 aromatic carbocycles. The zero-order chi connectivity index (χ0) is 18.3. The molecule has 26 heavy (non-hydrogen) atoms. The van der Waals surface area contributed by atoms with E-state index in [2.05, 4.69) is 10.2 Å². The van der Waals surface area contributed by atoms with Crippen molar-refractivity contribution in [3.63, 3.8) is 0 Å². The van der Waals surface area contributed by atoms with Gasteiger partial charge in [-0.2, -0.15) is 0 Å². The summed E-state index contributed by atoms with van der Waals surface area (Å²) in [7, 11) is 0. The number of fused-ring (bicyclic) bond motifs is 1. The SMILES string of the molecule is Cc1ccc(C(N)=O)cc1-c1ccn2c(-c3ccccc3Cl)nnc2c1. The van der Waals surface area contributed by atoms with Crippen molar-refractivity contribution in [3.8, 4) is 22.5 Å². The van der Waals surface area contributed by atoms with Crippen molar-refractivity contribution in [1.29, 1.82) is 0 Å². The molecule has 4 aromatic rings. The van der Waals surface area contributed by atoms with Crippen LogP contribution in [0.15, 0.2) is 60.8 Å². The summed E-state index contributed by atoms with van der Waals surface area (Å²) in [6.07, 6.45) is 1.90. The van der Waals surface area contributed by atoms with Crippen LogP contribution in [0.1, 0.15) is 15.9 Å². The summed E-state index contributed by atoms with van der Waals surface area (Å²) in [4.78, 5) is 11.5. The number of carbonyl (C=O) groups excluding carboxylic acids is 1. The fraction of sp³-hybridized carbons (Fsp3) is 0.0500. The molecule has 4 rings (SSSR count). The topological polar surface area (TPSA) is 73.3 Å². The summed E-state index contributed by atoms with van der Waals surface area (Å²) in [5.41, 5.74) is 10.3. The molecule has 0 unspecified atom stereocenters. The summed E-state index contributed by atoms with van der Waals surface area (Å²) in [6.45, 7) is 1.99. The van der Waals surface area contributed by atoms with Crippen LogP contribution in [-0.4, -0.2) is 20.5 Å². The average Bonchev–Trinajstić information content (AvgIpc) is 3.05. The number of benzene rings is 2. The Morgan fingerprint density at radius 3 is 2.62 bits per heavy atom. The summed E-state index contributed by atoms with van der Waals surface area (Å²) >= 11 is 6.29. The second kappa shape index (κ2) is 6.28. The van der Waals surface area contributed by atoms with E-state index in [0.29, 0.717) is 22.1 Å². The third-order valence-corrected chi connectivity index (χ3v) is 4.69. The molecule has 0 spiro atoms. The average molecular weight is 363 g/mol. The Hall–Kier alpha value is -3.18. The molecule has 0 aliphatic rings. The highest BCUT2D eigenvalue weighted by Crippen LogP contribution is 2.29. The van der Waals surface area contributed by atoms with E-state index in [1.54, 1.807) is 12.1 Å². The Morgan fingerprint density at radius 1 is 1.04 bits per heavy atom. The molecule has 2 N–H and O–H groups in total. The number of nitrogens with zero attached hydrogens (tertiary/aromatic N) is 3. The lowest BCUT2D eigenvalue weighted by Gasteiger charge is -2.09. The van der Waals surface area contributed by atoms with Gasteiger partial charge in [-0.05, 0) is 60.0 Å². The Bertz CT molecular complexity index is 1150. The van der Waals surface area contributed by atoms with Gasteiger partial charge in [-0.15, -0.1) is 10.2 Å². The molecule has 0 fully saturated rings. The van der Waals surface area contributed by atoms with Gasteiger partial charge in [0.25, 0.3) is 0 Å². The maximum Gasteiger partial charge on any atom is 0.248 e. The van der Waals surface area contributed by atoms with Crippen LogP contribution in [0.25, 0.3) is 28.2 Å². The lowest BCUT2D eigenvalue weighted by Crippen LogP contribution is -2.10. The summed E-state index contributed by atoms with van der Waals surface area (Å²) in [5.74, 6) is 0.232. The minimum Gasteiger partial charge on any atom is -0.366 e. The molecular weight excluding hydrogens is 348 g/mol. The number of pyridine rings is 1. The van der Waals surface area contributed by atoms with E-state index in [9.17, 15) is 4.79 Å². The van der Waals surface area contributed by atoms with E-state index in [1.165, 1.54) is 0 Å². The molecule has 0 bridgehead atoms. The zero-order valence-electron chi connectivity index (χ0n) is 14.0. The van der Waals surface area contributed by atoms with Gasteiger partial charge in [-0.3, -0.25) is 9.20 Å². The number of primary amides is 1. The Morgan fingerprint density at radius 2 is 1.85 bits per heavy atom. The molecule has 128 valence electrons. The number of nitrogens with two attached hydrogens (primary N) is 1. The van der Waals surface area contributed by atoms with Crippen LogP contribution in [0.5, 0.6) is 0 Å². The highest BCUT2D eigenvalue weighted by molar-refractivity contribution is 6.33. The van der Waals surface area contributed by atoms with Crippen molar-refractivity contribution < 1.29 is 4.79 Å². The molecule has 6 heteroatoms. The van der Waals surface area contributed by atoms with E-state index in [4.69, 9.17) is 17.3 Å². The quantitative estimate of drug-likeness (QED) is 0.595. The first-order valence-electron chi connectivity index (χ1n) is 8.05. The minimum atomic E-state index is -0.448. The minimum absolute atomic E-state index is 0.448. The van der Waals surface area contributed by atoms with Crippen LogP contribution >= 0.6 is 11.6 Å². The van der Waals surface area contributed by atoms with Crippen molar-refractivity contribution in [3.05, 3.63) is 76.9 Å².